The van der Waals surface area contributed by atoms with Crippen molar-refractivity contribution in [3.8, 4) is 0 Å². The molecular formula is C53H87N3O18. The van der Waals surface area contributed by atoms with Gasteiger partial charge in [0.15, 0.2) is 12.1 Å². The maximum atomic E-state index is 13.3. The van der Waals surface area contributed by atoms with Crippen LogP contribution in [-0.2, 0) is 23.7 Å². The van der Waals surface area contributed by atoms with Crippen molar-refractivity contribution in [2.24, 2.45) is 23.5 Å². The number of carbonyl (C=O) groups is 2. The fourth-order valence-electron chi connectivity index (χ4n) is 8.87. The number of aliphatic hydroxyl groups excluding tert-OH is 11. The summed E-state index contributed by atoms with van der Waals surface area (Å²) in [6.45, 7) is 6.44. The molecule has 2 amide bonds. The van der Waals surface area contributed by atoms with Gasteiger partial charge in [0.1, 0.15) is 12.2 Å². The van der Waals surface area contributed by atoms with Crippen molar-refractivity contribution in [1.82, 2.24) is 10.6 Å². The van der Waals surface area contributed by atoms with Crippen LogP contribution in [0.1, 0.15) is 91.9 Å². The van der Waals surface area contributed by atoms with Crippen molar-refractivity contribution in [3.05, 3.63) is 85.1 Å². The van der Waals surface area contributed by atoms with Gasteiger partial charge in [-0.25, -0.2) is 4.79 Å². The summed E-state index contributed by atoms with van der Waals surface area (Å²) in [6, 6.07) is -3.09. The summed E-state index contributed by atoms with van der Waals surface area (Å²) < 4.78 is 23.8. The van der Waals surface area contributed by atoms with E-state index in [9.17, 15) is 70.9 Å². The van der Waals surface area contributed by atoms with Gasteiger partial charge >= 0.3 is 12.0 Å². The summed E-state index contributed by atoms with van der Waals surface area (Å²) in [4.78, 5) is 26.0. The minimum absolute atomic E-state index is 0.110. The molecule has 0 aliphatic carbocycles. The number of nitrogens with two attached hydrogens (primary N) is 1. The number of rotatable bonds is 9. The van der Waals surface area contributed by atoms with E-state index in [0.29, 0.717) is 12.8 Å². The molecule has 3 rings (SSSR count). The zero-order valence-corrected chi connectivity index (χ0v) is 43.1. The van der Waals surface area contributed by atoms with E-state index in [-0.39, 0.29) is 57.3 Å². The fourth-order valence-corrected chi connectivity index (χ4v) is 8.87. The fraction of sp³-hybridized carbons (Fsp3) is 0.698. The van der Waals surface area contributed by atoms with Crippen LogP contribution >= 0.6 is 0 Å². The number of esters is 1. The van der Waals surface area contributed by atoms with E-state index in [2.05, 4.69) is 10.6 Å². The Morgan fingerprint density at radius 3 is 1.92 bits per heavy atom. The molecule has 0 aromatic carbocycles. The highest BCUT2D eigenvalue weighted by Crippen LogP contribution is 2.35. The molecule has 0 unspecified atom stereocenters. The molecule has 0 spiro atoms. The third-order valence-electron chi connectivity index (χ3n) is 13.6. The molecule has 3 heterocycles. The minimum Gasteiger partial charge on any atom is -0.462 e. The van der Waals surface area contributed by atoms with E-state index in [1.807, 2.05) is 37.3 Å². The molecule has 19 atom stereocenters. The van der Waals surface area contributed by atoms with Crippen molar-refractivity contribution in [1.29, 1.82) is 0 Å². The Morgan fingerprint density at radius 2 is 1.31 bits per heavy atom. The van der Waals surface area contributed by atoms with Gasteiger partial charge in [-0.3, -0.25) is 4.79 Å². The van der Waals surface area contributed by atoms with E-state index >= 15 is 0 Å². The van der Waals surface area contributed by atoms with Gasteiger partial charge in [-0.05, 0) is 46.0 Å². The Balaban J connectivity index is 1.93. The number of nitrogens with one attached hydrogen (secondary N) is 2. The first kappa shape index (κ1) is 64.6. The van der Waals surface area contributed by atoms with Gasteiger partial charge in [0, 0.05) is 63.2 Å². The zero-order valence-electron chi connectivity index (χ0n) is 43.1. The molecule has 2 saturated heterocycles. The average molecular weight is 1050 g/mol. The Morgan fingerprint density at radius 1 is 0.716 bits per heavy atom. The van der Waals surface area contributed by atoms with Crippen LogP contribution in [-0.4, -0.2) is 197 Å². The van der Waals surface area contributed by atoms with Gasteiger partial charge < -0.3 is 96.6 Å². The summed E-state index contributed by atoms with van der Waals surface area (Å²) in [5.41, 5.74) is 6.11. The lowest BCUT2D eigenvalue weighted by Gasteiger charge is -2.46. The van der Waals surface area contributed by atoms with Crippen molar-refractivity contribution >= 4 is 12.0 Å². The molecule has 0 saturated carbocycles. The maximum Gasteiger partial charge on any atom is 0.315 e. The molecule has 0 aromatic heterocycles. The normalized spacial score (nSPS) is 41.4. The van der Waals surface area contributed by atoms with Gasteiger partial charge in [-0.1, -0.05) is 98.9 Å². The van der Waals surface area contributed by atoms with Crippen molar-refractivity contribution < 1.29 is 89.8 Å². The van der Waals surface area contributed by atoms with Crippen LogP contribution in [0.4, 0.5) is 4.79 Å². The number of allylic oxidation sites excluding steroid dienone is 12. The van der Waals surface area contributed by atoms with Crippen LogP contribution in [0.15, 0.2) is 85.1 Å². The van der Waals surface area contributed by atoms with Crippen molar-refractivity contribution in [2.75, 3.05) is 19.8 Å². The Hall–Kier alpha value is -3.72. The first-order valence-electron chi connectivity index (χ1n) is 25.8. The SMILES string of the molecule is C[C@@H]1[C@H](O)[C@@H](C)/C=C/C=C/C=C/C=C/C=C/C=C/C=C/[C@H](O[C@@H]2O[C@H](C)[C@@H](O)[C@H](N)[C@@H]2O)C[C@@H]2O[C@](O)(C[C@@H](O)C[C@@H](O)[C@H](O)CC[C@@H](O)C[C@@H](O)CC(=O)O[C@H]1C)C[C@H](O)[C@H]2NC(=O)NCCCC(CO)CO. The number of amides is 2. The predicted molar refractivity (Wildman–Crippen MR) is 273 cm³/mol. The Kier molecular flexibility index (Phi) is 29.2. The number of carbonyl (C=O) groups excluding carboxylic acids is 2. The van der Waals surface area contributed by atoms with Crippen LogP contribution in [0.5, 0.6) is 0 Å². The maximum absolute atomic E-state index is 13.3. The quantitative estimate of drug-likeness (QED) is 0.107. The van der Waals surface area contributed by atoms with E-state index in [1.54, 1.807) is 75.5 Å². The topological polar surface area (TPSA) is 364 Å². The number of aliphatic hydroxyl groups is 12. The minimum atomic E-state index is -2.29. The number of cyclic esters (lactones) is 1. The average Bonchev–Trinajstić information content (AvgIpc) is 3.34. The number of hydrogen-bond donors (Lipinski definition) is 15. The lowest BCUT2D eigenvalue weighted by atomic mass is 9.87. The molecule has 0 radical (unpaired) electrons. The standard InChI is InChI=1S/C53H87N3O18/c1-32-18-15-13-11-9-7-5-6-8-10-12-14-16-20-40(73-51-50(68)46(54)49(67)35(4)72-51)27-44-47(56-52(69)55-23-17-19-36(30-57)31-58)43(64)29-53(70,74-44)28-39(61)25-42(63)41(62)22-21-37(59)24-38(60)26-45(65)71-34(3)33(2)48(32)66/h5-16,18,20,32-44,46-51,57-64,66-68,70H,17,19,21-31,54H2,1-4H3,(H2,55,56,69)/b6-5+,9-7+,10-8+,13-11+,14-12+,18-15+,20-16+/t32-,33-,34-,35+,37+,38+,39-,40-,41+,42+,43-,44-,46-,47+,48+,49+,50-,51-,53+/m0/s1. The molecule has 0 aromatic rings. The highest BCUT2D eigenvalue weighted by Gasteiger charge is 2.49. The molecule has 3 aliphatic rings. The van der Waals surface area contributed by atoms with Crippen molar-refractivity contribution in [3.63, 3.8) is 0 Å². The van der Waals surface area contributed by atoms with Gasteiger partial charge in [0.25, 0.3) is 0 Å². The highest BCUT2D eigenvalue weighted by molar-refractivity contribution is 5.74. The number of fused-ring (bicyclic) bond motifs is 2. The van der Waals surface area contributed by atoms with Gasteiger partial charge in [0.2, 0.25) is 0 Å². The lowest BCUT2D eigenvalue weighted by molar-refractivity contribution is -0.303. The number of urea groups is 1. The van der Waals surface area contributed by atoms with Crippen LogP contribution in [0, 0.1) is 17.8 Å². The van der Waals surface area contributed by atoms with E-state index in [0.717, 1.165) is 0 Å². The molecule has 3 aliphatic heterocycles. The number of hydrogen-bond acceptors (Lipinski definition) is 19. The summed E-state index contributed by atoms with van der Waals surface area (Å²) in [6.07, 6.45) is 5.11. The molecule has 2 bridgehead atoms. The molecular weight excluding hydrogens is 967 g/mol. The zero-order chi connectivity index (χ0) is 55.0. The summed E-state index contributed by atoms with van der Waals surface area (Å²) in [7, 11) is 0. The predicted octanol–water partition coefficient (Wildman–Crippen LogP) is 0.0597. The summed E-state index contributed by atoms with van der Waals surface area (Å²) >= 11 is 0. The first-order chi connectivity index (χ1) is 35.1. The Bertz CT molecular complexity index is 1850. The molecule has 16 N–H and O–H groups in total. The largest absolute Gasteiger partial charge is 0.462 e. The van der Waals surface area contributed by atoms with Crippen molar-refractivity contribution in [2.45, 2.75) is 195 Å². The van der Waals surface area contributed by atoms with Crippen LogP contribution in [0.2, 0.25) is 0 Å². The molecule has 21 nitrogen and oxygen atoms in total. The van der Waals surface area contributed by atoms with Crippen LogP contribution < -0.4 is 16.4 Å². The van der Waals surface area contributed by atoms with Gasteiger partial charge in [0.05, 0.1) is 85.6 Å². The second-order valence-corrected chi connectivity index (χ2v) is 20.0. The van der Waals surface area contributed by atoms with E-state index < -0.39 is 147 Å². The second-order valence-electron chi connectivity index (χ2n) is 20.0. The summed E-state index contributed by atoms with van der Waals surface area (Å²) in [5, 5.41) is 134. The molecule has 74 heavy (non-hydrogen) atoms. The monoisotopic (exact) mass is 1050 g/mol. The second kappa shape index (κ2) is 33.4. The molecule has 2 fully saturated rings. The third kappa shape index (κ3) is 22.9. The Labute approximate surface area is 435 Å². The first-order valence-corrected chi connectivity index (χ1v) is 25.8. The highest BCUT2D eigenvalue weighted by atomic mass is 16.7. The number of ether oxygens (including phenoxy) is 4. The van der Waals surface area contributed by atoms with E-state index in [1.165, 1.54) is 0 Å². The van der Waals surface area contributed by atoms with Crippen LogP contribution in [0.3, 0.4) is 0 Å². The van der Waals surface area contributed by atoms with Gasteiger partial charge in [-0.15, -0.1) is 0 Å². The van der Waals surface area contributed by atoms with Gasteiger partial charge in [-0.2, -0.15) is 0 Å². The lowest BCUT2D eigenvalue weighted by Crippen LogP contribution is -2.64. The molecule has 21 heteroatoms. The smallest absolute Gasteiger partial charge is 0.315 e. The summed E-state index contributed by atoms with van der Waals surface area (Å²) in [5.74, 6) is -4.14. The van der Waals surface area contributed by atoms with E-state index in [4.69, 9.17) is 24.7 Å². The molecule has 422 valence electrons. The third-order valence-corrected chi connectivity index (χ3v) is 13.6. The van der Waals surface area contributed by atoms with Crippen LogP contribution in [0.25, 0.3) is 0 Å².